The van der Waals surface area contributed by atoms with E-state index in [1.165, 1.54) is 13.0 Å². The number of benzene rings is 1. The smallest absolute Gasteiger partial charge is 0.384 e. The highest BCUT2D eigenvalue weighted by atomic mass is 19.3. The molecular formula is C16H17F2NO2. The van der Waals surface area contributed by atoms with Gasteiger partial charge in [0.25, 0.3) is 0 Å². The molecule has 0 fully saturated rings. The molecule has 0 saturated heterocycles. The number of ether oxygens (including phenoxy) is 1. The first-order valence-electron chi connectivity index (χ1n) is 6.94. The van der Waals surface area contributed by atoms with E-state index < -0.39 is 17.6 Å². The van der Waals surface area contributed by atoms with Gasteiger partial charge in [-0.3, -0.25) is 0 Å². The van der Waals surface area contributed by atoms with Crippen molar-refractivity contribution in [3.05, 3.63) is 41.6 Å². The first-order chi connectivity index (χ1) is 9.98. The first kappa shape index (κ1) is 15.4. The third-order valence-corrected chi connectivity index (χ3v) is 3.15. The number of nitrogens with zero attached hydrogens (tertiary/aromatic N) is 1. The second-order valence-electron chi connectivity index (χ2n) is 4.77. The van der Waals surface area contributed by atoms with Crippen LogP contribution < -0.4 is 0 Å². The molecule has 2 rings (SSSR count). The molecule has 1 aromatic carbocycles. The van der Waals surface area contributed by atoms with E-state index in [9.17, 15) is 13.6 Å². The van der Waals surface area contributed by atoms with Gasteiger partial charge in [0.1, 0.15) is 5.69 Å². The average Bonchev–Trinajstić information content (AvgIpc) is 2.47. The van der Waals surface area contributed by atoms with Crippen LogP contribution in [-0.2, 0) is 21.9 Å². The van der Waals surface area contributed by atoms with Gasteiger partial charge in [0.2, 0.25) is 0 Å². The molecule has 5 heteroatoms. The number of carbonyl (C=O) groups is 1. The van der Waals surface area contributed by atoms with Crippen LogP contribution >= 0.6 is 0 Å². The number of aromatic nitrogens is 1. The van der Waals surface area contributed by atoms with Crippen molar-refractivity contribution < 1.29 is 18.3 Å². The summed E-state index contributed by atoms with van der Waals surface area (Å²) in [5.74, 6) is -5.30. The third kappa shape index (κ3) is 3.17. The molecule has 0 saturated carbocycles. The number of fused-ring (bicyclic) bond motifs is 1. The molecule has 0 spiro atoms. The number of pyridine rings is 1. The molecule has 2 aromatic rings. The highest BCUT2D eigenvalue weighted by molar-refractivity contribution is 5.82. The Hall–Kier alpha value is -2.04. The SMILES string of the molecule is CCCc1ccc2nc(C(F)(F)C(=O)OCC)ccc2c1. The van der Waals surface area contributed by atoms with Crippen LogP contribution in [0.5, 0.6) is 0 Å². The maximum atomic E-state index is 13.9. The van der Waals surface area contributed by atoms with Crippen molar-refractivity contribution in [1.82, 2.24) is 4.98 Å². The van der Waals surface area contributed by atoms with Crippen molar-refractivity contribution in [2.75, 3.05) is 6.61 Å². The molecule has 0 radical (unpaired) electrons. The zero-order valence-corrected chi connectivity index (χ0v) is 12.0. The second kappa shape index (κ2) is 6.16. The predicted molar refractivity (Wildman–Crippen MR) is 76.3 cm³/mol. The van der Waals surface area contributed by atoms with E-state index in [0.717, 1.165) is 23.8 Å². The van der Waals surface area contributed by atoms with Gasteiger partial charge in [-0.15, -0.1) is 0 Å². The van der Waals surface area contributed by atoms with Crippen LogP contribution in [0.3, 0.4) is 0 Å². The van der Waals surface area contributed by atoms with Gasteiger partial charge in [0, 0.05) is 5.39 Å². The van der Waals surface area contributed by atoms with Crippen LogP contribution in [-0.4, -0.2) is 17.6 Å². The van der Waals surface area contributed by atoms with Gasteiger partial charge < -0.3 is 4.74 Å². The van der Waals surface area contributed by atoms with Gasteiger partial charge in [0.15, 0.2) is 0 Å². The lowest BCUT2D eigenvalue weighted by Crippen LogP contribution is -2.29. The van der Waals surface area contributed by atoms with E-state index in [4.69, 9.17) is 0 Å². The molecule has 0 amide bonds. The van der Waals surface area contributed by atoms with E-state index >= 15 is 0 Å². The number of halogens is 2. The molecule has 0 aliphatic heterocycles. The standard InChI is InChI=1S/C16H17F2NO2/c1-3-5-11-6-8-13-12(10-11)7-9-14(19-13)16(17,18)15(20)21-4-2/h6-10H,3-5H2,1-2H3. The number of alkyl halides is 2. The van der Waals surface area contributed by atoms with Gasteiger partial charge >= 0.3 is 11.9 Å². The minimum absolute atomic E-state index is 0.0949. The number of carbonyl (C=O) groups excluding carboxylic acids is 1. The van der Waals surface area contributed by atoms with Gasteiger partial charge in [0.05, 0.1) is 12.1 Å². The number of hydrogen-bond donors (Lipinski definition) is 0. The normalized spacial score (nSPS) is 11.6. The van der Waals surface area contributed by atoms with E-state index in [1.807, 2.05) is 12.1 Å². The molecular weight excluding hydrogens is 276 g/mol. The van der Waals surface area contributed by atoms with Crippen molar-refractivity contribution in [2.24, 2.45) is 0 Å². The number of esters is 1. The summed E-state index contributed by atoms with van der Waals surface area (Å²) in [6.45, 7) is 3.46. The average molecular weight is 293 g/mol. The fourth-order valence-electron chi connectivity index (χ4n) is 2.12. The predicted octanol–water partition coefficient (Wildman–Crippen LogP) is 3.84. The Balaban J connectivity index is 2.39. The minimum atomic E-state index is -3.73. The molecule has 0 aliphatic carbocycles. The van der Waals surface area contributed by atoms with Crippen molar-refractivity contribution in [2.45, 2.75) is 32.6 Å². The number of rotatable bonds is 5. The summed E-state index contributed by atoms with van der Waals surface area (Å²) in [5.41, 5.74) is 0.990. The Morgan fingerprint density at radius 3 is 2.67 bits per heavy atom. The van der Waals surface area contributed by atoms with Crippen LogP contribution in [0.15, 0.2) is 30.3 Å². The summed E-state index contributed by atoms with van der Waals surface area (Å²) in [7, 11) is 0. The fourth-order valence-corrected chi connectivity index (χ4v) is 2.12. The topological polar surface area (TPSA) is 39.2 Å². The van der Waals surface area contributed by atoms with Crippen LogP contribution in [0.4, 0.5) is 8.78 Å². The first-order valence-corrected chi connectivity index (χ1v) is 6.94. The van der Waals surface area contributed by atoms with Crippen molar-refractivity contribution >= 4 is 16.9 Å². The molecule has 0 unspecified atom stereocenters. The third-order valence-electron chi connectivity index (χ3n) is 3.15. The molecule has 0 bridgehead atoms. The highest BCUT2D eigenvalue weighted by Gasteiger charge is 2.44. The van der Waals surface area contributed by atoms with Crippen LogP contribution in [0.25, 0.3) is 10.9 Å². The Bertz CT molecular complexity index is 656. The lowest BCUT2D eigenvalue weighted by atomic mass is 10.1. The molecule has 0 atom stereocenters. The Morgan fingerprint density at radius 1 is 1.24 bits per heavy atom. The summed E-state index contributed by atoms with van der Waals surface area (Å²) >= 11 is 0. The molecule has 3 nitrogen and oxygen atoms in total. The van der Waals surface area contributed by atoms with Gasteiger partial charge in [-0.25, -0.2) is 9.78 Å². The Kier molecular flexibility index (Phi) is 4.50. The molecule has 1 heterocycles. The van der Waals surface area contributed by atoms with Crippen LogP contribution in [0.1, 0.15) is 31.5 Å². The van der Waals surface area contributed by atoms with E-state index in [-0.39, 0.29) is 6.61 Å². The molecule has 112 valence electrons. The maximum absolute atomic E-state index is 13.9. The molecule has 21 heavy (non-hydrogen) atoms. The monoisotopic (exact) mass is 293 g/mol. The second-order valence-corrected chi connectivity index (χ2v) is 4.77. The Labute approximate surface area is 121 Å². The van der Waals surface area contributed by atoms with Crippen molar-refractivity contribution in [1.29, 1.82) is 0 Å². The largest absolute Gasteiger partial charge is 0.461 e. The summed E-state index contributed by atoms with van der Waals surface area (Å²) in [6.07, 6.45) is 1.94. The van der Waals surface area contributed by atoms with Crippen LogP contribution in [0, 0.1) is 0 Å². The molecule has 0 aliphatic rings. The van der Waals surface area contributed by atoms with E-state index in [2.05, 4.69) is 16.6 Å². The minimum Gasteiger partial charge on any atom is -0.461 e. The number of aryl methyl sites for hydroxylation is 1. The molecule has 1 aromatic heterocycles. The Morgan fingerprint density at radius 2 is 2.00 bits per heavy atom. The molecule has 0 N–H and O–H groups in total. The lowest BCUT2D eigenvalue weighted by molar-refractivity contribution is -0.173. The lowest BCUT2D eigenvalue weighted by Gasteiger charge is -2.14. The summed E-state index contributed by atoms with van der Waals surface area (Å²) in [4.78, 5) is 15.2. The zero-order valence-electron chi connectivity index (χ0n) is 12.0. The number of hydrogen-bond acceptors (Lipinski definition) is 3. The maximum Gasteiger partial charge on any atom is 0.384 e. The summed E-state index contributed by atoms with van der Waals surface area (Å²) in [6, 6.07) is 8.23. The zero-order chi connectivity index (χ0) is 15.5. The van der Waals surface area contributed by atoms with E-state index in [0.29, 0.717) is 5.52 Å². The van der Waals surface area contributed by atoms with Crippen LogP contribution in [0.2, 0.25) is 0 Å². The van der Waals surface area contributed by atoms with Gasteiger partial charge in [-0.1, -0.05) is 25.5 Å². The summed E-state index contributed by atoms with van der Waals surface area (Å²) in [5, 5.41) is 0.782. The van der Waals surface area contributed by atoms with E-state index in [1.54, 1.807) is 12.1 Å². The fraction of sp³-hybridized carbons (Fsp3) is 0.375. The quantitative estimate of drug-likeness (QED) is 0.786. The van der Waals surface area contributed by atoms with Crippen molar-refractivity contribution in [3.8, 4) is 0 Å². The summed E-state index contributed by atoms with van der Waals surface area (Å²) < 4.78 is 32.3. The van der Waals surface area contributed by atoms with Gasteiger partial charge in [-0.2, -0.15) is 8.78 Å². The highest BCUT2D eigenvalue weighted by Crippen LogP contribution is 2.29. The van der Waals surface area contributed by atoms with Gasteiger partial charge in [-0.05, 0) is 37.1 Å². The van der Waals surface area contributed by atoms with Crippen molar-refractivity contribution in [3.63, 3.8) is 0 Å².